The lowest BCUT2D eigenvalue weighted by atomic mass is 10.1. The second-order valence-corrected chi connectivity index (χ2v) is 8.65. The molecular weight excluding hydrogens is 469 g/mol. The van der Waals surface area contributed by atoms with Crippen LogP contribution in [0, 0.1) is 5.82 Å². The standard InChI is InChI=1S/C25H20FN5O3S/c26-18-8-1-3-10-20(18)31(23(32)16-30-21-11-4-2-9-19(21)28-29-30)24(22-12-6-14-35-22)25(33)27-15-17-7-5-13-34-17/h1-14,24H,15-16H2,(H,27,33)/t24-/m0/s1. The number of nitrogens with one attached hydrogen (secondary N) is 1. The number of fused-ring (bicyclic) bond motifs is 1. The molecule has 0 saturated heterocycles. The molecule has 0 saturated carbocycles. The van der Waals surface area contributed by atoms with E-state index in [0.717, 1.165) is 0 Å². The van der Waals surface area contributed by atoms with Gasteiger partial charge in [0.25, 0.3) is 0 Å². The van der Waals surface area contributed by atoms with Gasteiger partial charge in [-0.15, -0.1) is 16.4 Å². The molecule has 1 N–H and O–H groups in total. The third-order valence-electron chi connectivity index (χ3n) is 5.42. The van der Waals surface area contributed by atoms with Gasteiger partial charge in [-0.2, -0.15) is 0 Å². The zero-order valence-corrected chi connectivity index (χ0v) is 19.2. The van der Waals surface area contributed by atoms with Gasteiger partial charge < -0.3 is 9.73 Å². The number of furan rings is 1. The largest absolute Gasteiger partial charge is 0.467 e. The second kappa shape index (κ2) is 9.90. The van der Waals surface area contributed by atoms with Crippen molar-refractivity contribution in [3.63, 3.8) is 0 Å². The molecule has 0 fully saturated rings. The highest BCUT2D eigenvalue weighted by molar-refractivity contribution is 7.10. The average Bonchev–Trinajstić information content (AvgIpc) is 3.64. The monoisotopic (exact) mass is 489 g/mol. The van der Waals surface area contributed by atoms with E-state index in [1.165, 1.54) is 45.4 Å². The van der Waals surface area contributed by atoms with Crippen molar-refractivity contribution in [3.8, 4) is 0 Å². The Morgan fingerprint density at radius 2 is 1.89 bits per heavy atom. The molecular formula is C25H20FN5O3S. The molecule has 2 aromatic carbocycles. The van der Waals surface area contributed by atoms with Crippen LogP contribution in [-0.2, 0) is 22.7 Å². The Morgan fingerprint density at radius 1 is 1.06 bits per heavy atom. The molecule has 0 bridgehead atoms. The van der Waals surface area contributed by atoms with E-state index in [4.69, 9.17) is 4.42 Å². The number of amides is 2. The molecule has 0 unspecified atom stereocenters. The number of carbonyl (C=O) groups excluding carboxylic acids is 2. The van der Waals surface area contributed by atoms with E-state index >= 15 is 4.39 Å². The Bertz CT molecular complexity index is 1450. The number of carbonyl (C=O) groups is 2. The number of hydrogen-bond donors (Lipinski definition) is 1. The molecule has 5 aromatic rings. The third kappa shape index (κ3) is 4.69. The molecule has 176 valence electrons. The van der Waals surface area contributed by atoms with Gasteiger partial charge in [-0.05, 0) is 47.8 Å². The number of benzene rings is 2. The van der Waals surface area contributed by atoms with Crippen LogP contribution >= 0.6 is 11.3 Å². The minimum Gasteiger partial charge on any atom is -0.467 e. The summed E-state index contributed by atoms with van der Waals surface area (Å²) in [6.07, 6.45) is 1.51. The molecule has 35 heavy (non-hydrogen) atoms. The predicted molar refractivity (Wildman–Crippen MR) is 129 cm³/mol. The van der Waals surface area contributed by atoms with Gasteiger partial charge in [0.1, 0.15) is 29.7 Å². The van der Waals surface area contributed by atoms with Crippen molar-refractivity contribution in [2.45, 2.75) is 19.1 Å². The maximum Gasteiger partial charge on any atom is 0.249 e. The quantitative estimate of drug-likeness (QED) is 0.351. The van der Waals surface area contributed by atoms with Crippen molar-refractivity contribution in [1.29, 1.82) is 0 Å². The molecule has 3 heterocycles. The number of para-hydroxylation sites is 2. The summed E-state index contributed by atoms with van der Waals surface area (Å²) in [7, 11) is 0. The number of nitrogens with zero attached hydrogens (tertiary/aromatic N) is 4. The van der Waals surface area contributed by atoms with E-state index in [0.29, 0.717) is 21.7 Å². The Balaban J connectivity index is 1.53. The van der Waals surface area contributed by atoms with Gasteiger partial charge in [0.05, 0.1) is 24.0 Å². The van der Waals surface area contributed by atoms with E-state index in [1.54, 1.807) is 47.8 Å². The van der Waals surface area contributed by atoms with E-state index < -0.39 is 23.7 Å². The van der Waals surface area contributed by atoms with Crippen molar-refractivity contribution in [2.75, 3.05) is 4.90 Å². The van der Waals surface area contributed by atoms with Gasteiger partial charge in [-0.1, -0.05) is 35.5 Å². The maximum absolute atomic E-state index is 15.0. The summed E-state index contributed by atoms with van der Waals surface area (Å²) >= 11 is 1.30. The molecule has 5 rings (SSSR count). The average molecular weight is 490 g/mol. The number of halogens is 1. The minimum atomic E-state index is -1.11. The van der Waals surface area contributed by atoms with Crippen LogP contribution < -0.4 is 10.2 Å². The van der Waals surface area contributed by atoms with Crippen molar-refractivity contribution in [1.82, 2.24) is 20.3 Å². The molecule has 0 aliphatic rings. The normalized spacial score (nSPS) is 11.9. The predicted octanol–water partition coefficient (Wildman–Crippen LogP) is 4.32. The third-order valence-corrected chi connectivity index (χ3v) is 6.35. The maximum atomic E-state index is 15.0. The fraction of sp³-hybridized carbons (Fsp3) is 0.120. The number of hydrogen-bond acceptors (Lipinski definition) is 6. The van der Waals surface area contributed by atoms with Crippen LogP contribution in [0.5, 0.6) is 0 Å². The Morgan fingerprint density at radius 3 is 2.66 bits per heavy atom. The van der Waals surface area contributed by atoms with Crippen molar-refractivity contribution in [3.05, 3.63) is 101 Å². The van der Waals surface area contributed by atoms with Crippen molar-refractivity contribution >= 4 is 39.9 Å². The SMILES string of the molecule is O=C(NCc1ccco1)[C@H](c1cccs1)N(C(=O)Cn1nnc2ccccc21)c1ccccc1F. The first-order valence-corrected chi connectivity index (χ1v) is 11.7. The molecule has 0 aliphatic heterocycles. The Labute approximate surface area is 203 Å². The van der Waals surface area contributed by atoms with Crippen LogP contribution in [0.1, 0.15) is 16.7 Å². The smallest absolute Gasteiger partial charge is 0.249 e. The lowest BCUT2D eigenvalue weighted by molar-refractivity contribution is -0.127. The number of anilines is 1. The van der Waals surface area contributed by atoms with Gasteiger partial charge in [-0.3, -0.25) is 14.5 Å². The molecule has 0 aliphatic carbocycles. The number of aromatic nitrogens is 3. The molecule has 8 nitrogen and oxygen atoms in total. The van der Waals surface area contributed by atoms with Crippen molar-refractivity contribution in [2.24, 2.45) is 0 Å². The molecule has 2 amide bonds. The van der Waals surface area contributed by atoms with Gasteiger partial charge in [-0.25, -0.2) is 9.07 Å². The lowest BCUT2D eigenvalue weighted by Gasteiger charge is -2.30. The van der Waals surface area contributed by atoms with Crippen LogP contribution in [-0.4, -0.2) is 26.8 Å². The van der Waals surface area contributed by atoms with Crippen LogP contribution in [0.15, 0.2) is 88.9 Å². The molecule has 10 heteroatoms. The highest BCUT2D eigenvalue weighted by Crippen LogP contribution is 2.32. The summed E-state index contributed by atoms with van der Waals surface area (Å²) < 4.78 is 21.8. The van der Waals surface area contributed by atoms with Gasteiger partial charge in [0.2, 0.25) is 11.8 Å². The van der Waals surface area contributed by atoms with Crippen LogP contribution in [0.4, 0.5) is 10.1 Å². The first-order valence-electron chi connectivity index (χ1n) is 10.8. The summed E-state index contributed by atoms with van der Waals surface area (Å²) in [6.45, 7) is -0.108. The van der Waals surface area contributed by atoms with E-state index in [2.05, 4.69) is 15.6 Å². The van der Waals surface area contributed by atoms with E-state index in [-0.39, 0.29) is 18.8 Å². The summed E-state index contributed by atoms with van der Waals surface area (Å²) in [5, 5.41) is 12.8. The van der Waals surface area contributed by atoms with Crippen LogP contribution in [0.25, 0.3) is 11.0 Å². The van der Waals surface area contributed by atoms with Crippen LogP contribution in [0.3, 0.4) is 0 Å². The zero-order chi connectivity index (χ0) is 24.2. The summed E-state index contributed by atoms with van der Waals surface area (Å²) in [5.74, 6) is -1.05. The highest BCUT2D eigenvalue weighted by atomic mass is 32.1. The van der Waals surface area contributed by atoms with E-state index in [1.807, 2.05) is 12.1 Å². The topological polar surface area (TPSA) is 93.3 Å². The molecule has 3 aromatic heterocycles. The Kier molecular flexibility index (Phi) is 6.36. The second-order valence-electron chi connectivity index (χ2n) is 7.67. The highest BCUT2D eigenvalue weighted by Gasteiger charge is 2.35. The first kappa shape index (κ1) is 22.5. The molecule has 0 spiro atoms. The fourth-order valence-corrected chi connectivity index (χ4v) is 4.62. The van der Waals surface area contributed by atoms with Gasteiger partial charge in [0.15, 0.2) is 0 Å². The van der Waals surface area contributed by atoms with Gasteiger partial charge >= 0.3 is 0 Å². The molecule has 0 radical (unpaired) electrons. The molecule has 1 atom stereocenters. The number of rotatable bonds is 8. The summed E-state index contributed by atoms with van der Waals surface area (Å²) in [6, 6.07) is 19.0. The lowest BCUT2D eigenvalue weighted by Crippen LogP contribution is -2.45. The summed E-state index contributed by atoms with van der Waals surface area (Å²) in [5.41, 5.74) is 1.28. The van der Waals surface area contributed by atoms with Crippen molar-refractivity contribution < 1.29 is 18.4 Å². The minimum absolute atomic E-state index is 0.00605. The van der Waals surface area contributed by atoms with Gasteiger partial charge in [0, 0.05) is 4.88 Å². The zero-order valence-electron chi connectivity index (χ0n) is 18.4. The van der Waals surface area contributed by atoms with E-state index in [9.17, 15) is 9.59 Å². The fourth-order valence-electron chi connectivity index (χ4n) is 3.81. The summed E-state index contributed by atoms with van der Waals surface area (Å²) in [4.78, 5) is 29.0. The Hall–Kier alpha value is -4.31. The van der Waals surface area contributed by atoms with Crippen LogP contribution in [0.2, 0.25) is 0 Å². The first-order chi connectivity index (χ1) is 17.1. The number of thiophene rings is 1.